The first-order valence-corrected chi connectivity index (χ1v) is 6.52. The summed E-state index contributed by atoms with van der Waals surface area (Å²) < 4.78 is 20.8. The summed E-state index contributed by atoms with van der Waals surface area (Å²) in [5, 5.41) is 0. The Labute approximate surface area is 117 Å². The average molecular weight is 282 g/mol. The molecule has 2 rings (SSSR count). The Bertz CT molecular complexity index is 456. The fraction of sp³-hybridized carbons (Fsp3) is 0.571. The first-order chi connectivity index (χ1) is 9.67. The van der Waals surface area contributed by atoms with Crippen molar-refractivity contribution < 1.29 is 28.5 Å². The van der Waals surface area contributed by atoms with Crippen LogP contribution >= 0.6 is 0 Å². The predicted octanol–water partition coefficient (Wildman–Crippen LogP) is 1.11. The fourth-order valence-electron chi connectivity index (χ4n) is 2.16. The highest BCUT2D eigenvalue weighted by atomic mass is 16.7. The van der Waals surface area contributed by atoms with E-state index in [2.05, 4.69) is 0 Å². The molecule has 1 fully saturated rings. The summed E-state index contributed by atoms with van der Waals surface area (Å²) in [5.41, 5.74) is 0.252. The van der Waals surface area contributed by atoms with Crippen LogP contribution in [0.3, 0.4) is 0 Å². The molecule has 1 unspecified atom stereocenters. The summed E-state index contributed by atoms with van der Waals surface area (Å²) in [6.45, 7) is 0.687. The van der Waals surface area contributed by atoms with E-state index in [9.17, 15) is 9.59 Å². The van der Waals surface area contributed by atoms with Crippen molar-refractivity contribution in [1.29, 1.82) is 0 Å². The van der Waals surface area contributed by atoms with Gasteiger partial charge in [0.1, 0.15) is 0 Å². The van der Waals surface area contributed by atoms with Crippen LogP contribution in [0, 0.1) is 0 Å². The Kier molecular flexibility index (Phi) is 4.92. The average Bonchev–Trinajstić information content (AvgIpc) is 2.48. The zero-order chi connectivity index (χ0) is 14.5. The number of ketones is 2. The second-order valence-corrected chi connectivity index (χ2v) is 4.54. The van der Waals surface area contributed by atoms with Gasteiger partial charge in [-0.2, -0.15) is 0 Å². The van der Waals surface area contributed by atoms with E-state index in [0.29, 0.717) is 6.61 Å². The van der Waals surface area contributed by atoms with Gasteiger partial charge in [-0.1, -0.05) is 0 Å². The van der Waals surface area contributed by atoms with E-state index < -0.39 is 5.78 Å². The van der Waals surface area contributed by atoms with Gasteiger partial charge < -0.3 is 18.9 Å². The molecule has 2 aliphatic rings. The van der Waals surface area contributed by atoms with Gasteiger partial charge in [0.15, 0.2) is 6.29 Å². The SMILES string of the molecule is COC1=C(OC)C(=O)C(COC2CCCCO2)=CC1=O. The molecule has 0 N–H and O–H groups in total. The Hall–Kier alpha value is -1.66. The third-order valence-electron chi connectivity index (χ3n) is 3.20. The molecule has 1 aliphatic heterocycles. The van der Waals surface area contributed by atoms with Crippen molar-refractivity contribution in [3.8, 4) is 0 Å². The molecule has 1 heterocycles. The molecule has 0 aromatic rings. The third-order valence-corrected chi connectivity index (χ3v) is 3.20. The topological polar surface area (TPSA) is 71.1 Å². The van der Waals surface area contributed by atoms with Crippen LogP contribution in [0.2, 0.25) is 0 Å². The molecule has 1 saturated heterocycles. The molecule has 0 bridgehead atoms. The van der Waals surface area contributed by atoms with Gasteiger partial charge in [0, 0.05) is 12.2 Å². The van der Waals surface area contributed by atoms with Crippen LogP contribution in [0.5, 0.6) is 0 Å². The normalized spacial score (nSPS) is 23.7. The number of rotatable bonds is 5. The molecule has 0 aromatic heterocycles. The van der Waals surface area contributed by atoms with Crippen molar-refractivity contribution in [3.63, 3.8) is 0 Å². The molecular formula is C14H18O6. The number of carbonyl (C=O) groups excluding carboxylic acids is 2. The maximum Gasteiger partial charge on any atom is 0.230 e. The van der Waals surface area contributed by atoms with Crippen LogP contribution in [0.25, 0.3) is 0 Å². The van der Waals surface area contributed by atoms with Crippen LogP contribution in [0.15, 0.2) is 23.2 Å². The van der Waals surface area contributed by atoms with Gasteiger partial charge >= 0.3 is 0 Å². The first kappa shape index (κ1) is 14.7. The minimum absolute atomic E-state index is 0.0269. The van der Waals surface area contributed by atoms with Gasteiger partial charge in [-0.3, -0.25) is 9.59 Å². The number of Topliss-reactive ketones (excluding diaryl/α,β-unsaturated/α-hetero) is 1. The van der Waals surface area contributed by atoms with Gasteiger partial charge in [0.05, 0.1) is 20.8 Å². The zero-order valence-corrected chi connectivity index (χ0v) is 11.6. The first-order valence-electron chi connectivity index (χ1n) is 6.52. The lowest BCUT2D eigenvalue weighted by Crippen LogP contribution is -2.27. The summed E-state index contributed by atoms with van der Waals surface area (Å²) in [7, 11) is 2.65. The summed E-state index contributed by atoms with van der Waals surface area (Å²) in [4.78, 5) is 24.0. The van der Waals surface area contributed by atoms with Gasteiger partial charge in [0.25, 0.3) is 0 Å². The minimum Gasteiger partial charge on any atom is -0.490 e. The van der Waals surface area contributed by atoms with E-state index in [0.717, 1.165) is 19.3 Å². The Morgan fingerprint density at radius 1 is 1.20 bits per heavy atom. The molecule has 6 heteroatoms. The monoisotopic (exact) mass is 282 g/mol. The van der Waals surface area contributed by atoms with Crippen molar-refractivity contribution in [2.75, 3.05) is 27.4 Å². The summed E-state index contributed by atoms with van der Waals surface area (Å²) >= 11 is 0. The molecular weight excluding hydrogens is 264 g/mol. The number of allylic oxidation sites excluding steroid dienone is 2. The van der Waals surface area contributed by atoms with E-state index >= 15 is 0 Å². The second kappa shape index (κ2) is 6.67. The van der Waals surface area contributed by atoms with Gasteiger partial charge in [0.2, 0.25) is 23.1 Å². The maximum atomic E-state index is 12.1. The third kappa shape index (κ3) is 3.08. The van der Waals surface area contributed by atoms with E-state index in [4.69, 9.17) is 18.9 Å². The van der Waals surface area contributed by atoms with Crippen molar-refractivity contribution in [1.82, 2.24) is 0 Å². The molecule has 0 amide bonds. The van der Waals surface area contributed by atoms with Crippen molar-refractivity contribution in [3.05, 3.63) is 23.2 Å². The lowest BCUT2D eigenvalue weighted by atomic mass is 10.0. The van der Waals surface area contributed by atoms with Crippen molar-refractivity contribution in [2.45, 2.75) is 25.6 Å². The standard InChI is InChI=1S/C14H18O6/c1-17-13-10(15)7-9(12(16)14(13)18-2)8-20-11-5-3-4-6-19-11/h7,11H,3-6,8H2,1-2H3. The van der Waals surface area contributed by atoms with Gasteiger partial charge in [-0.25, -0.2) is 0 Å². The summed E-state index contributed by atoms with van der Waals surface area (Å²) in [6, 6.07) is 0. The van der Waals surface area contributed by atoms with Crippen LogP contribution < -0.4 is 0 Å². The Morgan fingerprint density at radius 2 is 1.95 bits per heavy atom. The van der Waals surface area contributed by atoms with Gasteiger partial charge in [-0.05, 0) is 25.3 Å². The fourth-order valence-corrected chi connectivity index (χ4v) is 2.16. The lowest BCUT2D eigenvalue weighted by molar-refractivity contribution is -0.158. The van der Waals surface area contributed by atoms with E-state index in [1.54, 1.807) is 0 Å². The molecule has 6 nitrogen and oxygen atoms in total. The molecule has 20 heavy (non-hydrogen) atoms. The molecule has 0 saturated carbocycles. The highest BCUT2D eigenvalue weighted by Gasteiger charge is 2.31. The lowest BCUT2D eigenvalue weighted by Gasteiger charge is -2.24. The number of carbonyl (C=O) groups is 2. The molecule has 1 aliphatic carbocycles. The highest BCUT2D eigenvalue weighted by molar-refractivity contribution is 6.21. The molecule has 110 valence electrons. The molecule has 0 radical (unpaired) electrons. The predicted molar refractivity (Wildman–Crippen MR) is 68.7 cm³/mol. The minimum atomic E-state index is -0.396. The van der Waals surface area contributed by atoms with Crippen molar-refractivity contribution >= 4 is 11.6 Å². The number of methoxy groups -OCH3 is 2. The second-order valence-electron chi connectivity index (χ2n) is 4.54. The maximum absolute atomic E-state index is 12.1. The van der Waals surface area contributed by atoms with Gasteiger partial charge in [-0.15, -0.1) is 0 Å². The van der Waals surface area contributed by atoms with E-state index in [-0.39, 0.29) is 35.8 Å². The highest BCUT2D eigenvalue weighted by Crippen LogP contribution is 2.22. The summed E-state index contributed by atoms with van der Waals surface area (Å²) in [6.07, 6.45) is 3.77. The van der Waals surface area contributed by atoms with Crippen LogP contribution in [-0.4, -0.2) is 45.3 Å². The largest absolute Gasteiger partial charge is 0.490 e. The number of ether oxygens (including phenoxy) is 4. The number of hydrogen-bond acceptors (Lipinski definition) is 6. The van der Waals surface area contributed by atoms with Crippen LogP contribution in [0.1, 0.15) is 19.3 Å². The zero-order valence-electron chi connectivity index (χ0n) is 11.6. The van der Waals surface area contributed by atoms with E-state index in [1.807, 2.05) is 0 Å². The van der Waals surface area contributed by atoms with Crippen LogP contribution in [0.4, 0.5) is 0 Å². The smallest absolute Gasteiger partial charge is 0.230 e. The van der Waals surface area contributed by atoms with Crippen LogP contribution in [-0.2, 0) is 28.5 Å². The Balaban J connectivity index is 2.02. The van der Waals surface area contributed by atoms with E-state index in [1.165, 1.54) is 20.3 Å². The number of hydrogen-bond donors (Lipinski definition) is 0. The molecule has 0 spiro atoms. The van der Waals surface area contributed by atoms with Crippen molar-refractivity contribution in [2.24, 2.45) is 0 Å². The molecule has 0 aromatic carbocycles. The Morgan fingerprint density at radius 3 is 2.55 bits per heavy atom. The molecule has 1 atom stereocenters. The quantitative estimate of drug-likeness (QED) is 0.703. The summed E-state index contributed by atoms with van der Waals surface area (Å²) in [5.74, 6) is -0.940.